The summed E-state index contributed by atoms with van der Waals surface area (Å²) in [6, 6.07) is 0.453. The molecule has 0 aromatic carbocycles. The second kappa shape index (κ2) is 6.95. The van der Waals surface area contributed by atoms with Crippen molar-refractivity contribution in [2.75, 3.05) is 26.2 Å². The van der Waals surface area contributed by atoms with Gasteiger partial charge >= 0.3 is 6.03 Å². The number of hydrogen-bond acceptors (Lipinski definition) is 3. The SMILES string of the molecule is NCCC1CN(C(=O)NC2CCCCC2)CCO1. The van der Waals surface area contributed by atoms with Crippen molar-refractivity contribution in [3.63, 3.8) is 0 Å². The number of ether oxygens (including phenoxy) is 1. The highest BCUT2D eigenvalue weighted by Gasteiger charge is 2.25. The van der Waals surface area contributed by atoms with Crippen molar-refractivity contribution in [2.24, 2.45) is 5.73 Å². The van der Waals surface area contributed by atoms with Gasteiger partial charge in [0, 0.05) is 19.1 Å². The number of amides is 2. The van der Waals surface area contributed by atoms with Crippen LogP contribution < -0.4 is 11.1 Å². The van der Waals surface area contributed by atoms with Gasteiger partial charge in [0.25, 0.3) is 0 Å². The number of hydrogen-bond donors (Lipinski definition) is 2. The lowest BCUT2D eigenvalue weighted by atomic mass is 9.96. The van der Waals surface area contributed by atoms with E-state index < -0.39 is 0 Å². The molecule has 5 nitrogen and oxygen atoms in total. The van der Waals surface area contributed by atoms with Crippen LogP contribution in [0.15, 0.2) is 0 Å². The number of rotatable bonds is 3. The van der Waals surface area contributed by atoms with Crippen LogP contribution >= 0.6 is 0 Å². The summed E-state index contributed by atoms with van der Waals surface area (Å²) in [6.07, 6.45) is 6.98. The van der Waals surface area contributed by atoms with Crippen LogP contribution in [0, 0.1) is 0 Å². The third-order valence-corrected chi connectivity index (χ3v) is 3.85. The van der Waals surface area contributed by atoms with Gasteiger partial charge in [0.15, 0.2) is 0 Å². The maximum atomic E-state index is 12.1. The van der Waals surface area contributed by atoms with Crippen molar-refractivity contribution in [3.05, 3.63) is 0 Å². The molecule has 1 heterocycles. The van der Waals surface area contributed by atoms with E-state index in [1.165, 1.54) is 19.3 Å². The number of nitrogens with one attached hydrogen (secondary N) is 1. The zero-order valence-corrected chi connectivity index (χ0v) is 11.1. The third-order valence-electron chi connectivity index (χ3n) is 3.85. The summed E-state index contributed by atoms with van der Waals surface area (Å²) in [5, 5.41) is 3.15. The second-order valence-electron chi connectivity index (χ2n) is 5.30. The summed E-state index contributed by atoms with van der Waals surface area (Å²) in [7, 11) is 0. The molecule has 2 rings (SSSR count). The molecule has 0 spiro atoms. The van der Waals surface area contributed by atoms with E-state index in [-0.39, 0.29) is 12.1 Å². The minimum atomic E-state index is 0.0761. The highest BCUT2D eigenvalue weighted by molar-refractivity contribution is 5.74. The van der Waals surface area contributed by atoms with E-state index >= 15 is 0 Å². The van der Waals surface area contributed by atoms with E-state index in [4.69, 9.17) is 10.5 Å². The van der Waals surface area contributed by atoms with E-state index in [0.29, 0.717) is 32.3 Å². The Balaban J connectivity index is 1.76. The summed E-state index contributed by atoms with van der Waals surface area (Å²) in [6.45, 7) is 2.61. The molecule has 18 heavy (non-hydrogen) atoms. The highest BCUT2D eigenvalue weighted by atomic mass is 16.5. The van der Waals surface area contributed by atoms with Crippen LogP contribution in [0.1, 0.15) is 38.5 Å². The minimum Gasteiger partial charge on any atom is -0.374 e. The van der Waals surface area contributed by atoms with Crippen molar-refractivity contribution in [2.45, 2.75) is 50.7 Å². The van der Waals surface area contributed by atoms with E-state index in [9.17, 15) is 4.79 Å². The molecule has 1 atom stereocenters. The molecule has 0 bridgehead atoms. The van der Waals surface area contributed by atoms with Gasteiger partial charge in [-0.05, 0) is 25.8 Å². The van der Waals surface area contributed by atoms with Crippen molar-refractivity contribution < 1.29 is 9.53 Å². The molecule has 1 aliphatic heterocycles. The van der Waals surface area contributed by atoms with Crippen LogP contribution in [0.3, 0.4) is 0 Å². The maximum Gasteiger partial charge on any atom is 0.317 e. The van der Waals surface area contributed by atoms with Gasteiger partial charge in [-0.3, -0.25) is 0 Å². The molecule has 1 saturated heterocycles. The number of carbonyl (C=O) groups is 1. The molecule has 2 amide bonds. The standard InChI is InChI=1S/C13H25N3O2/c14-7-6-12-10-16(8-9-18-12)13(17)15-11-4-2-1-3-5-11/h11-12H,1-10,14H2,(H,15,17). The van der Waals surface area contributed by atoms with Gasteiger partial charge in [-0.2, -0.15) is 0 Å². The maximum absolute atomic E-state index is 12.1. The van der Waals surface area contributed by atoms with Crippen molar-refractivity contribution in [3.8, 4) is 0 Å². The summed E-state index contributed by atoms with van der Waals surface area (Å²) >= 11 is 0. The summed E-state index contributed by atoms with van der Waals surface area (Å²) in [5.74, 6) is 0. The number of morpholine rings is 1. The molecule has 0 radical (unpaired) electrons. The molecule has 2 aliphatic rings. The number of urea groups is 1. The van der Waals surface area contributed by atoms with E-state index in [1.54, 1.807) is 0 Å². The molecule has 3 N–H and O–H groups in total. The smallest absolute Gasteiger partial charge is 0.317 e. The first-order chi connectivity index (χ1) is 8.79. The Morgan fingerprint density at radius 3 is 2.83 bits per heavy atom. The Hall–Kier alpha value is -0.810. The first-order valence-corrected chi connectivity index (χ1v) is 7.16. The van der Waals surface area contributed by atoms with Crippen LogP contribution in [-0.2, 0) is 4.74 Å². The monoisotopic (exact) mass is 255 g/mol. The van der Waals surface area contributed by atoms with Gasteiger partial charge in [0.05, 0.1) is 12.7 Å². The molecule has 0 aromatic heterocycles. The molecule has 1 saturated carbocycles. The third kappa shape index (κ3) is 3.85. The van der Waals surface area contributed by atoms with E-state index in [1.807, 2.05) is 4.90 Å². The van der Waals surface area contributed by atoms with Gasteiger partial charge in [0.1, 0.15) is 0 Å². The Morgan fingerprint density at radius 1 is 1.33 bits per heavy atom. The van der Waals surface area contributed by atoms with Gasteiger partial charge in [0.2, 0.25) is 0 Å². The molecular weight excluding hydrogens is 230 g/mol. The average Bonchev–Trinajstić information content (AvgIpc) is 2.40. The fourth-order valence-electron chi connectivity index (χ4n) is 2.78. The molecule has 1 unspecified atom stereocenters. The fourth-order valence-corrected chi connectivity index (χ4v) is 2.78. The largest absolute Gasteiger partial charge is 0.374 e. The topological polar surface area (TPSA) is 67.6 Å². The fraction of sp³-hybridized carbons (Fsp3) is 0.923. The lowest BCUT2D eigenvalue weighted by Crippen LogP contribution is -2.52. The second-order valence-corrected chi connectivity index (χ2v) is 5.30. The normalized spacial score (nSPS) is 26.1. The Labute approximate surface area is 109 Å². The van der Waals surface area contributed by atoms with Crippen LogP contribution in [0.5, 0.6) is 0 Å². The first-order valence-electron chi connectivity index (χ1n) is 7.16. The zero-order valence-electron chi connectivity index (χ0n) is 11.1. The molecule has 5 heteroatoms. The van der Waals surface area contributed by atoms with Crippen molar-refractivity contribution in [1.82, 2.24) is 10.2 Å². The minimum absolute atomic E-state index is 0.0761. The van der Waals surface area contributed by atoms with E-state index in [2.05, 4.69) is 5.32 Å². The molecular formula is C13H25N3O2. The quantitative estimate of drug-likeness (QED) is 0.793. The number of nitrogens with two attached hydrogens (primary N) is 1. The number of nitrogens with zero attached hydrogens (tertiary/aromatic N) is 1. The molecule has 2 fully saturated rings. The predicted octanol–water partition coefficient (Wildman–Crippen LogP) is 1.08. The van der Waals surface area contributed by atoms with Crippen molar-refractivity contribution in [1.29, 1.82) is 0 Å². The Morgan fingerprint density at radius 2 is 2.11 bits per heavy atom. The van der Waals surface area contributed by atoms with Gasteiger partial charge < -0.3 is 20.7 Å². The zero-order chi connectivity index (χ0) is 12.8. The van der Waals surface area contributed by atoms with Crippen LogP contribution in [0.4, 0.5) is 4.79 Å². The Kier molecular flexibility index (Phi) is 5.26. The number of carbonyl (C=O) groups excluding carboxylic acids is 1. The van der Waals surface area contributed by atoms with Crippen LogP contribution in [0.2, 0.25) is 0 Å². The lowest BCUT2D eigenvalue weighted by molar-refractivity contribution is -0.0170. The lowest BCUT2D eigenvalue weighted by Gasteiger charge is -2.34. The summed E-state index contributed by atoms with van der Waals surface area (Å²) < 4.78 is 5.59. The van der Waals surface area contributed by atoms with Crippen LogP contribution in [-0.4, -0.2) is 49.3 Å². The van der Waals surface area contributed by atoms with Crippen molar-refractivity contribution >= 4 is 6.03 Å². The van der Waals surface area contributed by atoms with Gasteiger partial charge in [-0.25, -0.2) is 4.79 Å². The van der Waals surface area contributed by atoms with Gasteiger partial charge in [-0.15, -0.1) is 0 Å². The highest BCUT2D eigenvalue weighted by Crippen LogP contribution is 2.18. The predicted molar refractivity (Wildman–Crippen MR) is 70.4 cm³/mol. The Bertz CT molecular complexity index is 265. The van der Waals surface area contributed by atoms with E-state index in [0.717, 1.165) is 19.3 Å². The molecule has 104 valence electrons. The summed E-state index contributed by atoms with van der Waals surface area (Å²) in [5.41, 5.74) is 5.53. The van der Waals surface area contributed by atoms with Crippen LogP contribution in [0.25, 0.3) is 0 Å². The van der Waals surface area contributed by atoms with Gasteiger partial charge in [-0.1, -0.05) is 19.3 Å². The summed E-state index contributed by atoms with van der Waals surface area (Å²) in [4.78, 5) is 14.0. The molecule has 1 aliphatic carbocycles. The average molecular weight is 255 g/mol. The first kappa shape index (κ1) is 13.6. The molecule has 0 aromatic rings.